The van der Waals surface area contributed by atoms with Crippen LogP contribution in [0.1, 0.15) is 28.4 Å². The summed E-state index contributed by atoms with van der Waals surface area (Å²) in [6.07, 6.45) is 1.45. The Hall–Kier alpha value is -4.52. The molecule has 0 aliphatic heterocycles. The van der Waals surface area contributed by atoms with Crippen LogP contribution in [-0.4, -0.2) is 30.2 Å². The number of hydrogen-bond acceptors (Lipinski definition) is 5. The van der Waals surface area contributed by atoms with Gasteiger partial charge in [0.1, 0.15) is 5.70 Å². The average Bonchev–Trinajstić information content (AvgIpc) is 2.83. The highest BCUT2D eigenvalue weighted by atomic mass is 16.5. The van der Waals surface area contributed by atoms with Crippen LogP contribution in [0.5, 0.6) is 0 Å². The van der Waals surface area contributed by atoms with E-state index in [1.165, 1.54) is 13.0 Å². The number of ether oxygens (including phenoxy) is 1. The van der Waals surface area contributed by atoms with Gasteiger partial charge in [0, 0.05) is 18.1 Å². The van der Waals surface area contributed by atoms with E-state index in [4.69, 9.17) is 4.74 Å². The van der Waals surface area contributed by atoms with Crippen molar-refractivity contribution in [3.05, 3.63) is 107 Å². The SMILES string of the molecule is CC(=O)NC(=Cc1ccccc1)C(=O)OCC(=O)Nc1ccccc1C(=O)c1ccccc1. The first-order chi connectivity index (χ1) is 15.9. The molecule has 2 N–H and O–H groups in total. The largest absolute Gasteiger partial charge is 0.451 e. The minimum absolute atomic E-state index is 0.0962. The number of nitrogens with one attached hydrogen (secondary N) is 2. The standard InChI is InChI=1S/C26H22N2O5/c1-18(29)27-23(16-19-10-4-2-5-11-19)26(32)33-17-24(30)28-22-15-9-8-14-21(22)25(31)20-12-6-3-7-13-20/h2-16H,17H2,1H3,(H,27,29)(H,28,30). The lowest BCUT2D eigenvalue weighted by Gasteiger charge is -2.12. The molecule has 0 fully saturated rings. The van der Waals surface area contributed by atoms with E-state index in [0.29, 0.717) is 22.4 Å². The lowest BCUT2D eigenvalue weighted by molar-refractivity contribution is -0.144. The summed E-state index contributed by atoms with van der Waals surface area (Å²) in [5.41, 5.74) is 1.68. The van der Waals surface area contributed by atoms with Crippen molar-refractivity contribution >= 4 is 35.3 Å². The minimum Gasteiger partial charge on any atom is -0.451 e. The molecule has 0 radical (unpaired) electrons. The molecule has 0 aliphatic carbocycles. The number of amides is 2. The third-order valence-electron chi connectivity index (χ3n) is 4.46. The Morgan fingerprint density at radius 1 is 0.818 bits per heavy atom. The highest BCUT2D eigenvalue weighted by molar-refractivity contribution is 6.14. The maximum absolute atomic E-state index is 12.8. The van der Waals surface area contributed by atoms with Crippen LogP contribution in [0.4, 0.5) is 5.69 Å². The predicted octanol–water partition coefficient (Wildman–Crippen LogP) is 3.58. The van der Waals surface area contributed by atoms with Crippen molar-refractivity contribution in [3.8, 4) is 0 Å². The Morgan fingerprint density at radius 3 is 2.09 bits per heavy atom. The van der Waals surface area contributed by atoms with Gasteiger partial charge in [-0.25, -0.2) is 4.79 Å². The first-order valence-corrected chi connectivity index (χ1v) is 10.1. The molecule has 3 rings (SSSR count). The number of carbonyl (C=O) groups is 4. The summed E-state index contributed by atoms with van der Waals surface area (Å²) in [4.78, 5) is 49.2. The molecule has 0 saturated carbocycles. The van der Waals surface area contributed by atoms with Gasteiger partial charge < -0.3 is 15.4 Å². The smallest absolute Gasteiger partial charge is 0.355 e. The number of anilines is 1. The fraction of sp³-hybridized carbons (Fsp3) is 0.0769. The van der Waals surface area contributed by atoms with Crippen LogP contribution >= 0.6 is 0 Å². The van der Waals surface area contributed by atoms with Crippen LogP contribution in [0, 0.1) is 0 Å². The second-order valence-corrected chi connectivity index (χ2v) is 7.01. The van der Waals surface area contributed by atoms with Gasteiger partial charge in [-0.05, 0) is 23.8 Å². The van der Waals surface area contributed by atoms with Crippen molar-refractivity contribution in [2.45, 2.75) is 6.92 Å². The second-order valence-electron chi connectivity index (χ2n) is 7.01. The maximum Gasteiger partial charge on any atom is 0.355 e. The highest BCUT2D eigenvalue weighted by Gasteiger charge is 2.17. The van der Waals surface area contributed by atoms with Crippen molar-refractivity contribution in [2.24, 2.45) is 0 Å². The predicted molar refractivity (Wildman–Crippen MR) is 124 cm³/mol. The third kappa shape index (κ3) is 6.73. The zero-order chi connectivity index (χ0) is 23.6. The molecule has 7 nitrogen and oxygen atoms in total. The molecule has 2 amide bonds. The highest BCUT2D eigenvalue weighted by Crippen LogP contribution is 2.19. The molecular weight excluding hydrogens is 420 g/mol. The summed E-state index contributed by atoms with van der Waals surface area (Å²) in [6.45, 7) is 0.665. The monoisotopic (exact) mass is 442 g/mol. The van der Waals surface area contributed by atoms with E-state index in [9.17, 15) is 19.2 Å². The number of esters is 1. The molecule has 33 heavy (non-hydrogen) atoms. The molecule has 166 valence electrons. The maximum atomic E-state index is 12.8. The van der Waals surface area contributed by atoms with Gasteiger partial charge in [0.2, 0.25) is 5.91 Å². The minimum atomic E-state index is -0.863. The van der Waals surface area contributed by atoms with Crippen molar-refractivity contribution in [1.82, 2.24) is 5.32 Å². The molecule has 7 heteroatoms. The van der Waals surface area contributed by atoms with Gasteiger partial charge >= 0.3 is 5.97 Å². The van der Waals surface area contributed by atoms with Gasteiger partial charge in [-0.2, -0.15) is 0 Å². The van der Waals surface area contributed by atoms with E-state index in [-0.39, 0.29) is 11.5 Å². The van der Waals surface area contributed by atoms with E-state index in [1.54, 1.807) is 78.9 Å². The topological polar surface area (TPSA) is 102 Å². The van der Waals surface area contributed by atoms with Crippen LogP contribution in [-0.2, 0) is 19.1 Å². The number of rotatable bonds is 8. The molecule has 0 unspecified atom stereocenters. The van der Waals surface area contributed by atoms with Crippen LogP contribution in [0.25, 0.3) is 6.08 Å². The van der Waals surface area contributed by atoms with E-state index in [0.717, 1.165) is 0 Å². The molecule has 0 aliphatic rings. The average molecular weight is 442 g/mol. The van der Waals surface area contributed by atoms with E-state index < -0.39 is 24.4 Å². The van der Waals surface area contributed by atoms with Crippen molar-refractivity contribution in [3.63, 3.8) is 0 Å². The summed E-state index contributed by atoms with van der Waals surface area (Å²) in [7, 11) is 0. The van der Waals surface area contributed by atoms with Crippen LogP contribution in [0.2, 0.25) is 0 Å². The van der Waals surface area contributed by atoms with Crippen LogP contribution in [0.15, 0.2) is 90.6 Å². The zero-order valence-electron chi connectivity index (χ0n) is 17.9. The first kappa shape index (κ1) is 23.1. The molecule has 0 spiro atoms. The fourth-order valence-electron chi connectivity index (χ4n) is 2.98. The lowest BCUT2D eigenvalue weighted by atomic mass is 10.0. The molecule has 0 saturated heterocycles. The quantitative estimate of drug-likeness (QED) is 0.315. The number of benzene rings is 3. The van der Waals surface area contributed by atoms with Gasteiger partial charge in [-0.15, -0.1) is 0 Å². The third-order valence-corrected chi connectivity index (χ3v) is 4.46. The van der Waals surface area contributed by atoms with Crippen molar-refractivity contribution in [2.75, 3.05) is 11.9 Å². The van der Waals surface area contributed by atoms with Gasteiger partial charge in [0.25, 0.3) is 5.91 Å². The van der Waals surface area contributed by atoms with Gasteiger partial charge in [-0.3, -0.25) is 14.4 Å². The zero-order valence-corrected chi connectivity index (χ0v) is 17.9. The van der Waals surface area contributed by atoms with Crippen LogP contribution < -0.4 is 10.6 Å². The summed E-state index contributed by atoms with van der Waals surface area (Å²) < 4.78 is 5.08. The van der Waals surface area contributed by atoms with Gasteiger partial charge in [-0.1, -0.05) is 72.8 Å². The van der Waals surface area contributed by atoms with Crippen molar-refractivity contribution < 1.29 is 23.9 Å². The number of carbonyl (C=O) groups excluding carboxylic acids is 4. The van der Waals surface area contributed by atoms with Gasteiger partial charge in [0.05, 0.1) is 5.69 Å². The fourth-order valence-corrected chi connectivity index (χ4v) is 2.98. The van der Waals surface area contributed by atoms with Gasteiger partial charge in [0.15, 0.2) is 12.4 Å². The Kier molecular flexibility index (Phi) is 7.86. The second kappa shape index (κ2) is 11.2. The normalized spacial score (nSPS) is 10.8. The lowest BCUT2D eigenvalue weighted by Crippen LogP contribution is -2.29. The number of hydrogen-bond donors (Lipinski definition) is 2. The molecule has 0 atom stereocenters. The Morgan fingerprint density at radius 2 is 1.42 bits per heavy atom. The molecule has 0 heterocycles. The summed E-state index contributed by atoms with van der Waals surface area (Å²) >= 11 is 0. The van der Waals surface area contributed by atoms with Crippen molar-refractivity contribution in [1.29, 1.82) is 0 Å². The van der Waals surface area contributed by atoms with Crippen LogP contribution in [0.3, 0.4) is 0 Å². The number of para-hydroxylation sites is 1. The molecule has 3 aromatic carbocycles. The Bertz CT molecular complexity index is 1190. The first-order valence-electron chi connectivity index (χ1n) is 10.1. The molecule has 0 aromatic heterocycles. The summed E-state index contributed by atoms with van der Waals surface area (Å²) in [5.74, 6) is -2.19. The number of ketones is 1. The molecule has 3 aromatic rings. The van der Waals surface area contributed by atoms with E-state index in [1.807, 2.05) is 6.07 Å². The molecular formula is C26H22N2O5. The summed E-state index contributed by atoms with van der Waals surface area (Å²) in [5, 5.41) is 5.02. The Labute approximate surface area is 191 Å². The summed E-state index contributed by atoms with van der Waals surface area (Å²) in [6, 6.07) is 24.1. The Balaban J connectivity index is 1.67. The van der Waals surface area contributed by atoms with E-state index >= 15 is 0 Å². The molecule has 0 bridgehead atoms. The van der Waals surface area contributed by atoms with E-state index in [2.05, 4.69) is 10.6 Å².